The van der Waals surface area contributed by atoms with Gasteiger partial charge in [-0.15, -0.1) is 0 Å². The molecule has 0 spiro atoms. The molecule has 1 aromatic rings. The quantitative estimate of drug-likeness (QED) is 0.878. The second-order valence-electron chi connectivity index (χ2n) is 5.76. The number of nitrogens with zero attached hydrogens (tertiary/aromatic N) is 1. The van der Waals surface area contributed by atoms with Gasteiger partial charge in [-0.1, -0.05) is 26.0 Å². The van der Waals surface area contributed by atoms with Crippen LogP contribution >= 0.6 is 0 Å². The summed E-state index contributed by atoms with van der Waals surface area (Å²) in [6.45, 7) is 7.69. The van der Waals surface area contributed by atoms with Crippen molar-refractivity contribution < 1.29 is 13.5 Å². The minimum atomic E-state index is -3.52. The van der Waals surface area contributed by atoms with Gasteiger partial charge in [-0.3, -0.25) is 0 Å². The van der Waals surface area contributed by atoms with Gasteiger partial charge in [0.2, 0.25) is 10.0 Å². The first kappa shape index (κ1) is 17.1. The van der Waals surface area contributed by atoms with Gasteiger partial charge < -0.3 is 5.11 Å². The summed E-state index contributed by atoms with van der Waals surface area (Å²) in [5.74, 6) is 0.438. The monoisotopic (exact) mass is 299 g/mol. The molecule has 0 aromatic heterocycles. The van der Waals surface area contributed by atoms with E-state index in [1.165, 1.54) is 4.31 Å². The van der Waals surface area contributed by atoms with Crippen molar-refractivity contribution in [1.82, 2.24) is 4.31 Å². The fraction of sp³-hybridized carbons (Fsp3) is 0.600. The summed E-state index contributed by atoms with van der Waals surface area (Å²) >= 11 is 0. The summed E-state index contributed by atoms with van der Waals surface area (Å²) in [5, 5.41) is 9.18. The fourth-order valence-corrected chi connectivity index (χ4v) is 3.89. The Morgan fingerprint density at radius 3 is 2.35 bits per heavy atom. The maximum absolute atomic E-state index is 12.7. The summed E-state index contributed by atoms with van der Waals surface area (Å²) in [4.78, 5) is 0.280. The molecule has 4 nitrogen and oxygen atoms in total. The Hall–Kier alpha value is -0.910. The predicted molar refractivity (Wildman–Crippen MR) is 81.0 cm³/mol. The third-order valence-electron chi connectivity index (χ3n) is 3.53. The summed E-state index contributed by atoms with van der Waals surface area (Å²) in [5.41, 5.74) is 1.31. The van der Waals surface area contributed by atoms with E-state index in [1.54, 1.807) is 32.2 Å². The zero-order chi connectivity index (χ0) is 15.5. The number of sulfonamides is 1. The highest BCUT2D eigenvalue weighted by Gasteiger charge is 2.27. The van der Waals surface area contributed by atoms with E-state index in [9.17, 15) is 13.5 Å². The summed E-state index contributed by atoms with van der Waals surface area (Å²) in [6.07, 6.45) is 0.814. The molecule has 0 aliphatic heterocycles. The van der Waals surface area contributed by atoms with Crippen LogP contribution in [0.5, 0.6) is 0 Å². The SMILES string of the molecule is Cc1ccc(CO)cc1S(=O)(=O)N(C)C(C)CC(C)C. The van der Waals surface area contributed by atoms with Crippen LogP contribution in [-0.4, -0.2) is 30.9 Å². The van der Waals surface area contributed by atoms with Crippen molar-refractivity contribution in [2.24, 2.45) is 5.92 Å². The van der Waals surface area contributed by atoms with Crippen LogP contribution in [0.3, 0.4) is 0 Å². The Morgan fingerprint density at radius 2 is 1.85 bits per heavy atom. The van der Waals surface area contributed by atoms with Gasteiger partial charge in [-0.2, -0.15) is 4.31 Å². The summed E-state index contributed by atoms with van der Waals surface area (Å²) in [6, 6.07) is 4.98. The molecule has 5 heteroatoms. The second kappa shape index (κ2) is 6.70. The first-order chi connectivity index (χ1) is 9.20. The van der Waals surface area contributed by atoms with Crippen molar-refractivity contribution in [2.75, 3.05) is 7.05 Å². The van der Waals surface area contributed by atoms with Gasteiger partial charge >= 0.3 is 0 Å². The van der Waals surface area contributed by atoms with Gasteiger partial charge in [0.05, 0.1) is 11.5 Å². The van der Waals surface area contributed by atoms with Crippen LogP contribution in [0.15, 0.2) is 23.1 Å². The molecule has 0 bridgehead atoms. The fourth-order valence-electron chi connectivity index (χ4n) is 2.24. The maximum atomic E-state index is 12.7. The van der Waals surface area contributed by atoms with Crippen molar-refractivity contribution in [3.8, 4) is 0 Å². The van der Waals surface area contributed by atoms with E-state index in [4.69, 9.17) is 0 Å². The van der Waals surface area contributed by atoms with Crippen molar-refractivity contribution in [3.63, 3.8) is 0 Å². The van der Waals surface area contributed by atoms with Crippen LogP contribution in [0, 0.1) is 12.8 Å². The number of aliphatic hydroxyl groups is 1. The Labute approximate surface area is 122 Å². The minimum Gasteiger partial charge on any atom is -0.392 e. The van der Waals surface area contributed by atoms with E-state index in [0.29, 0.717) is 17.0 Å². The van der Waals surface area contributed by atoms with E-state index < -0.39 is 10.0 Å². The van der Waals surface area contributed by atoms with Crippen molar-refractivity contribution in [2.45, 2.75) is 51.7 Å². The van der Waals surface area contributed by atoms with E-state index >= 15 is 0 Å². The molecule has 1 atom stereocenters. The molecular formula is C15H25NO3S. The maximum Gasteiger partial charge on any atom is 0.243 e. The number of hydrogen-bond acceptors (Lipinski definition) is 3. The number of hydrogen-bond donors (Lipinski definition) is 1. The lowest BCUT2D eigenvalue weighted by molar-refractivity contribution is 0.281. The van der Waals surface area contributed by atoms with Crippen molar-refractivity contribution in [1.29, 1.82) is 0 Å². The second-order valence-corrected chi connectivity index (χ2v) is 7.72. The third kappa shape index (κ3) is 3.81. The highest BCUT2D eigenvalue weighted by Crippen LogP contribution is 2.23. The lowest BCUT2D eigenvalue weighted by Crippen LogP contribution is -2.36. The highest BCUT2D eigenvalue weighted by atomic mass is 32.2. The van der Waals surface area contributed by atoms with Crippen LogP contribution in [0.4, 0.5) is 0 Å². The molecule has 114 valence electrons. The van der Waals surface area contributed by atoms with Gasteiger partial charge in [0.25, 0.3) is 0 Å². The molecule has 0 heterocycles. The lowest BCUT2D eigenvalue weighted by Gasteiger charge is -2.26. The zero-order valence-electron chi connectivity index (χ0n) is 12.9. The van der Waals surface area contributed by atoms with Crippen LogP contribution < -0.4 is 0 Å². The average Bonchev–Trinajstić information content (AvgIpc) is 2.37. The average molecular weight is 299 g/mol. The minimum absolute atomic E-state index is 0.0582. The highest BCUT2D eigenvalue weighted by molar-refractivity contribution is 7.89. The van der Waals surface area contributed by atoms with E-state index in [0.717, 1.165) is 6.42 Å². The van der Waals surface area contributed by atoms with Crippen molar-refractivity contribution in [3.05, 3.63) is 29.3 Å². The smallest absolute Gasteiger partial charge is 0.243 e. The Morgan fingerprint density at radius 1 is 1.25 bits per heavy atom. The Kier molecular flexibility index (Phi) is 5.74. The first-order valence-electron chi connectivity index (χ1n) is 6.88. The predicted octanol–water partition coefficient (Wildman–Crippen LogP) is 2.54. The third-order valence-corrected chi connectivity index (χ3v) is 5.64. The molecule has 1 N–H and O–H groups in total. The molecule has 0 saturated carbocycles. The molecule has 0 radical (unpaired) electrons. The summed E-state index contributed by atoms with van der Waals surface area (Å²) < 4.78 is 26.8. The number of aryl methyl sites for hydroxylation is 1. The van der Waals surface area contributed by atoms with Crippen LogP contribution in [-0.2, 0) is 16.6 Å². The number of aliphatic hydroxyl groups excluding tert-OH is 1. The molecule has 0 amide bonds. The Balaban J connectivity index is 3.16. The molecule has 0 aliphatic rings. The Bertz CT molecular complexity index is 552. The summed E-state index contributed by atoms with van der Waals surface area (Å²) in [7, 11) is -1.91. The van der Waals surface area contributed by atoms with E-state index in [1.807, 2.05) is 6.92 Å². The van der Waals surface area contributed by atoms with Gasteiger partial charge in [0.1, 0.15) is 0 Å². The largest absolute Gasteiger partial charge is 0.392 e. The zero-order valence-corrected chi connectivity index (χ0v) is 13.7. The molecule has 1 unspecified atom stereocenters. The van der Waals surface area contributed by atoms with Gasteiger partial charge in [0, 0.05) is 13.1 Å². The molecule has 1 aromatic carbocycles. The molecule has 0 fully saturated rings. The van der Waals surface area contributed by atoms with Gasteiger partial charge in [-0.05, 0) is 43.4 Å². The van der Waals surface area contributed by atoms with Crippen molar-refractivity contribution >= 4 is 10.0 Å². The molecular weight excluding hydrogens is 274 g/mol. The molecule has 1 rings (SSSR count). The lowest BCUT2D eigenvalue weighted by atomic mass is 10.1. The molecule has 0 aliphatic carbocycles. The first-order valence-corrected chi connectivity index (χ1v) is 8.32. The van der Waals surface area contributed by atoms with E-state index in [-0.39, 0.29) is 17.5 Å². The van der Waals surface area contributed by atoms with E-state index in [2.05, 4.69) is 13.8 Å². The van der Waals surface area contributed by atoms with Gasteiger partial charge in [-0.25, -0.2) is 8.42 Å². The van der Waals surface area contributed by atoms with Gasteiger partial charge in [0.15, 0.2) is 0 Å². The van der Waals surface area contributed by atoms with Crippen LogP contribution in [0.1, 0.15) is 38.3 Å². The van der Waals surface area contributed by atoms with Crippen LogP contribution in [0.2, 0.25) is 0 Å². The standard InChI is InChI=1S/C15H25NO3S/c1-11(2)8-13(4)16(5)20(18,19)15-9-14(10-17)7-6-12(15)3/h6-7,9,11,13,17H,8,10H2,1-5H3. The van der Waals surface area contributed by atoms with Crippen LogP contribution in [0.25, 0.3) is 0 Å². The topological polar surface area (TPSA) is 57.6 Å². The molecule has 20 heavy (non-hydrogen) atoms. The molecule has 0 saturated heterocycles. The normalized spacial score (nSPS) is 14.0. The number of benzene rings is 1. The number of rotatable bonds is 6.